The predicted octanol–water partition coefficient (Wildman–Crippen LogP) is 3.64. The number of methoxy groups -OCH3 is 1. The van der Waals surface area contributed by atoms with Crippen molar-refractivity contribution >= 4 is 29.9 Å². The minimum atomic E-state index is 0. The highest BCUT2D eigenvalue weighted by molar-refractivity contribution is 14.0. The fourth-order valence-corrected chi connectivity index (χ4v) is 3.34. The maximum Gasteiger partial charge on any atom is 0.191 e. The van der Waals surface area contributed by atoms with Gasteiger partial charge < -0.3 is 25.0 Å². The van der Waals surface area contributed by atoms with Crippen LogP contribution in [0.25, 0.3) is 0 Å². The molecular weight excluding hydrogens is 467 g/mol. The molecule has 1 aromatic rings. The van der Waals surface area contributed by atoms with Gasteiger partial charge in [-0.15, -0.1) is 24.0 Å². The van der Waals surface area contributed by atoms with Crippen LogP contribution < -0.4 is 20.1 Å². The Morgan fingerprint density at radius 1 is 1.18 bits per heavy atom. The van der Waals surface area contributed by atoms with Gasteiger partial charge in [-0.25, -0.2) is 0 Å². The van der Waals surface area contributed by atoms with Gasteiger partial charge in [0.1, 0.15) is 0 Å². The SMILES string of the molecule is CCCOc1ccc(CNC(=NC)NC2CCN(CCC)CC2)cc1OC.I. The predicted molar refractivity (Wildman–Crippen MR) is 127 cm³/mol. The van der Waals surface area contributed by atoms with Crippen molar-refractivity contribution in [2.24, 2.45) is 4.99 Å². The van der Waals surface area contributed by atoms with E-state index in [1.807, 2.05) is 19.2 Å². The highest BCUT2D eigenvalue weighted by Gasteiger charge is 2.19. The van der Waals surface area contributed by atoms with Crippen molar-refractivity contribution in [2.75, 3.05) is 40.4 Å². The highest BCUT2D eigenvalue weighted by Crippen LogP contribution is 2.28. The first kappa shape index (κ1) is 24.8. The number of piperidine rings is 1. The molecule has 1 saturated heterocycles. The number of aliphatic imine (C=N–C) groups is 1. The molecule has 0 unspecified atom stereocenters. The number of halogens is 1. The molecule has 0 bridgehead atoms. The van der Waals surface area contributed by atoms with E-state index >= 15 is 0 Å². The number of nitrogens with zero attached hydrogens (tertiary/aromatic N) is 2. The summed E-state index contributed by atoms with van der Waals surface area (Å²) in [6.45, 7) is 9.27. The Balaban J connectivity index is 0.00000392. The van der Waals surface area contributed by atoms with Crippen molar-refractivity contribution in [3.63, 3.8) is 0 Å². The van der Waals surface area contributed by atoms with Crippen LogP contribution in [0.5, 0.6) is 11.5 Å². The Hall–Kier alpha value is -1.22. The summed E-state index contributed by atoms with van der Waals surface area (Å²) < 4.78 is 11.2. The zero-order valence-electron chi connectivity index (χ0n) is 17.8. The summed E-state index contributed by atoms with van der Waals surface area (Å²) in [6, 6.07) is 6.56. The molecule has 2 rings (SSSR count). The molecular formula is C21H37IN4O2. The lowest BCUT2D eigenvalue weighted by atomic mass is 10.1. The van der Waals surface area contributed by atoms with E-state index in [4.69, 9.17) is 9.47 Å². The summed E-state index contributed by atoms with van der Waals surface area (Å²) in [5.41, 5.74) is 1.14. The smallest absolute Gasteiger partial charge is 0.191 e. The van der Waals surface area contributed by atoms with Gasteiger partial charge in [0, 0.05) is 32.7 Å². The van der Waals surface area contributed by atoms with E-state index in [1.165, 1.54) is 26.1 Å². The molecule has 6 nitrogen and oxygen atoms in total. The number of guanidine groups is 1. The number of benzene rings is 1. The molecule has 1 aliphatic rings. The number of nitrogens with one attached hydrogen (secondary N) is 2. The minimum absolute atomic E-state index is 0. The van der Waals surface area contributed by atoms with Crippen molar-refractivity contribution < 1.29 is 9.47 Å². The molecule has 0 spiro atoms. The first-order valence-corrected chi connectivity index (χ1v) is 10.2. The summed E-state index contributed by atoms with van der Waals surface area (Å²) in [7, 11) is 3.50. The third-order valence-corrected chi connectivity index (χ3v) is 4.84. The average molecular weight is 504 g/mol. The van der Waals surface area contributed by atoms with Gasteiger partial charge in [-0.05, 0) is 49.9 Å². The summed E-state index contributed by atoms with van der Waals surface area (Å²) in [6.07, 6.45) is 4.54. The van der Waals surface area contributed by atoms with Crippen molar-refractivity contribution in [2.45, 2.75) is 52.1 Å². The summed E-state index contributed by atoms with van der Waals surface area (Å²) in [4.78, 5) is 6.92. The van der Waals surface area contributed by atoms with Crippen LogP contribution >= 0.6 is 24.0 Å². The van der Waals surface area contributed by atoms with E-state index in [1.54, 1.807) is 7.11 Å². The van der Waals surface area contributed by atoms with Crippen LogP contribution in [0.2, 0.25) is 0 Å². The molecule has 0 amide bonds. The lowest BCUT2D eigenvalue weighted by molar-refractivity contribution is 0.206. The molecule has 1 aromatic carbocycles. The van der Waals surface area contributed by atoms with Crippen molar-refractivity contribution in [1.82, 2.24) is 15.5 Å². The molecule has 1 fully saturated rings. The van der Waals surface area contributed by atoms with Gasteiger partial charge in [0.2, 0.25) is 0 Å². The number of hydrogen-bond acceptors (Lipinski definition) is 4. The van der Waals surface area contributed by atoms with Gasteiger partial charge in [-0.1, -0.05) is 19.9 Å². The monoisotopic (exact) mass is 504 g/mol. The highest BCUT2D eigenvalue weighted by atomic mass is 127. The zero-order chi connectivity index (χ0) is 19.5. The van der Waals surface area contributed by atoms with Gasteiger partial charge in [0.15, 0.2) is 17.5 Å². The third kappa shape index (κ3) is 8.03. The number of likely N-dealkylation sites (tertiary alicyclic amines) is 1. The Kier molecular flexibility index (Phi) is 12.3. The van der Waals surface area contributed by atoms with E-state index in [-0.39, 0.29) is 24.0 Å². The molecule has 0 aliphatic carbocycles. The Morgan fingerprint density at radius 2 is 1.93 bits per heavy atom. The number of ether oxygens (including phenoxy) is 2. The van der Waals surface area contributed by atoms with E-state index in [0.717, 1.165) is 42.3 Å². The molecule has 0 atom stereocenters. The van der Waals surface area contributed by atoms with Crippen LogP contribution in [0, 0.1) is 0 Å². The lowest BCUT2D eigenvalue weighted by Crippen LogP contribution is -2.48. The van der Waals surface area contributed by atoms with Crippen LogP contribution in [0.4, 0.5) is 0 Å². The molecule has 1 aliphatic heterocycles. The van der Waals surface area contributed by atoms with Gasteiger partial charge >= 0.3 is 0 Å². The maximum atomic E-state index is 5.72. The average Bonchev–Trinajstić information content (AvgIpc) is 2.71. The van der Waals surface area contributed by atoms with Crippen LogP contribution in [-0.4, -0.2) is 57.3 Å². The standard InChI is InChI=1S/C21H36N4O2.HI/c1-5-11-25-12-9-18(10-13-25)24-21(22-3)23-16-17-7-8-19(27-14-6-2)20(15-17)26-4;/h7-8,15,18H,5-6,9-14,16H2,1-4H3,(H2,22,23,24);1H. The van der Waals surface area contributed by atoms with Gasteiger partial charge in [-0.2, -0.15) is 0 Å². The molecule has 2 N–H and O–H groups in total. The van der Waals surface area contributed by atoms with Crippen molar-refractivity contribution in [3.05, 3.63) is 23.8 Å². The van der Waals surface area contributed by atoms with Crippen LogP contribution in [0.3, 0.4) is 0 Å². The van der Waals surface area contributed by atoms with Crippen molar-refractivity contribution in [3.8, 4) is 11.5 Å². The second-order valence-electron chi connectivity index (χ2n) is 7.02. The number of rotatable bonds is 9. The Labute approximate surface area is 187 Å². The van der Waals surface area contributed by atoms with Crippen LogP contribution in [-0.2, 0) is 6.54 Å². The van der Waals surface area contributed by atoms with E-state index < -0.39 is 0 Å². The fraction of sp³-hybridized carbons (Fsp3) is 0.667. The fourth-order valence-electron chi connectivity index (χ4n) is 3.34. The molecule has 160 valence electrons. The largest absolute Gasteiger partial charge is 0.493 e. The molecule has 7 heteroatoms. The maximum absolute atomic E-state index is 5.72. The topological polar surface area (TPSA) is 58.1 Å². The first-order valence-electron chi connectivity index (χ1n) is 10.2. The minimum Gasteiger partial charge on any atom is -0.493 e. The normalized spacial score (nSPS) is 15.6. The van der Waals surface area contributed by atoms with Gasteiger partial charge in [0.25, 0.3) is 0 Å². The molecule has 0 saturated carbocycles. The quantitative estimate of drug-likeness (QED) is 0.306. The van der Waals surface area contributed by atoms with Gasteiger partial charge in [0.05, 0.1) is 13.7 Å². The van der Waals surface area contributed by atoms with E-state index in [9.17, 15) is 0 Å². The second kappa shape index (κ2) is 13.9. The molecule has 0 radical (unpaired) electrons. The number of hydrogen-bond donors (Lipinski definition) is 2. The summed E-state index contributed by atoms with van der Waals surface area (Å²) in [5.74, 6) is 2.42. The van der Waals surface area contributed by atoms with E-state index in [0.29, 0.717) is 19.2 Å². The Bertz CT molecular complexity index is 590. The van der Waals surface area contributed by atoms with Crippen LogP contribution in [0.15, 0.2) is 23.2 Å². The zero-order valence-corrected chi connectivity index (χ0v) is 20.1. The molecule has 28 heavy (non-hydrogen) atoms. The van der Waals surface area contributed by atoms with Gasteiger partial charge in [-0.3, -0.25) is 4.99 Å². The van der Waals surface area contributed by atoms with Crippen molar-refractivity contribution in [1.29, 1.82) is 0 Å². The second-order valence-corrected chi connectivity index (χ2v) is 7.02. The Morgan fingerprint density at radius 3 is 2.54 bits per heavy atom. The molecule has 0 aromatic heterocycles. The third-order valence-electron chi connectivity index (χ3n) is 4.84. The first-order chi connectivity index (χ1) is 13.2. The lowest BCUT2D eigenvalue weighted by Gasteiger charge is -2.32. The molecule has 1 heterocycles. The van der Waals surface area contributed by atoms with Crippen LogP contribution in [0.1, 0.15) is 45.1 Å². The summed E-state index contributed by atoms with van der Waals surface area (Å²) >= 11 is 0. The van der Waals surface area contributed by atoms with E-state index in [2.05, 4.69) is 40.4 Å². The summed E-state index contributed by atoms with van der Waals surface area (Å²) in [5, 5.41) is 6.97.